The summed E-state index contributed by atoms with van der Waals surface area (Å²) in [7, 11) is 1.52. The van der Waals surface area contributed by atoms with Gasteiger partial charge < -0.3 is 14.3 Å². The zero-order valence-electron chi connectivity index (χ0n) is 7.19. The number of aliphatic carboxylic acids is 1. The molecule has 0 spiro atoms. The number of ether oxygens (including phenoxy) is 1. The summed E-state index contributed by atoms with van der Waals surface area (Å²) in [6.07, 6.45) is 0.251. The Labute approximate surface area is 74.5 Å². The molecular weight excluding hydrogens is 176 g/mol. The van der Waals surface area contributed by atoms with Gasteiger partial charge in [0.2, 0.25) is 11.8 Å². The van der Waals surface area contributed by atoms with Gasteiger partial charge in [-0.2, -0.15) is 0 Å². The Morgan fingerprint density at radius 1 is 1.54 bits per heavy atom. The maximum Gasteiger partial charge on any atom is 0.303 e. The number of aryl methyl sites for hydroxylation is 1. The molecule has 6 heteroatoms. The second kappa shape index (κ2) is 4.56. The van der Waals surface area contributed by atoms with Crippen LogP contribution in [0.4, 0.5) is 0 Å². The Kier molecular flexibility index (Phi) is 3.39. The van der Waals surface area contributed by atoms with Crippen LogP contribution in [-0.2, 0) is 22.6 Å². The van der Waals surface area contributed by atoms with E-state index in [9.17, 15) is 4.79 Å². The molecule has 0 unspecified atom stereocenters. The zero-order chi connectivity index (χ0) is 9.68. The molecule has 1 heterocycles. The van der Waals surface area contributed by atoms with E-state index in [1.807, 2.05) is 0 Å². The molecule has 6 nitrogen and oxygen atoms in total. The minimum atomic E-state index is -0.883. The van der Waals surface area contributed by atoms with Gasteiger partial charge in [-0.15, -0.1) is 10.2 Å². The normalized spacial score (nSPS) is 10.2. The lowest BCUT2D eigenvalue weighted by Crippen LogP contribution is -1.97. The van der Waals surface area contributed by atoms with Gasteiger partial charge in [0.25, 0.3) is 0 Å². The molecule has 0 fully saturated rings. The lowest BCUT2D eigenvalue weighted by molar-refractivity contribution is -0.137. The van der Waals surface area contributed by atoms with E-state index in [0.717, 1.165) is 0 Å². The lowest BCUT2D eigenvalue weighted by Gasteiger charge is -1.90. The zero-order valence-corrected chi connectivity index (χ0v) is 7.19. The van der Waals surface area contributed by atoms with Crippen LogP contribution in [0.25, 0.3) is 0 Å². The maximum atomic E-state index is 10.2. The maximum absolute atomic E-state index is 10.2. The minimum Gasteiger partial charge on any atom is -0.481 e. The van der Waals surface area contributed by atoms with Gasteiger partial charge in [0, 0.05) is 13.5 Å². The fraction of sp³-hybridized carbons (Fsp3) is 0.571. The molecule has 0 aliphatic heterocycles. The molecule has 0 aromatic carbocycles. The first-order valence-corrected chi connectivity index (χ1v) is 3.74. The summed E-state index contributed by atoms with van der Waals surface area (Å²) >= 11 is 0. The van der Waals surface area contributed by atoms with E-state index >= 15 is 0 Å². The van der Waals surface area contributed by atoms with Gasteiger partial charge in [-0.25, -0.2) is 0 Å². The predicted molar refractivity (Wildman–Crippen MR) is 41.0 cm³/mol. The van der Waals surface area contributed by atoms with E-state index in [1.165, 1.54) is 7.11 Å². The molecule has 0 bridgehead atoms. The monoisotopic (exact) mass is 186 g/mol. The highest BCUT2D eigenvalue weighted by Gasteiger charge is 2.07. The number of carboxylic acid groups (broad SMARTS) is 1. The van der Waals surface area contributed by atoms with Crippen LogP contribution in [0.2, 0.25) is 0 Å². The van der Waals surface area contributed by atoms with Gasteiger partial charge in [-0.3, -0.25) is 4.79 Å². The Balaban J connectivity index is 2.44. The lowest BCUT2D eigenvalue weighted by atomic mass is 10.3. The number of hydrogen-bond acceptors (Lipinski definition) is 5. The van der Waals surface area contributed by atoms with Crippen molar-refractivity contribution in [1.82, 2.24) is 10.2 Å². The molecule has 1 rings (SSSR count). The van der Waals surface area contributed by atoms with Crippen molar-refractivity contribution in [1.29, 1.82) is 0 Å². The van der Waals surface area contributed by atoms with Crippen LogP contribution in [0.15, 0.2) is 4.42 Å². The molecular formula is C7H10N2O4. The largest absolute Gasteiger partial charge is 0.481 e. The minimum absolute atomic E-state index is 0.00534. The third-order valence-corrected chi connectivity index (χ3v) is 1.33. The fourth-order valence-corrected chi connectivity index (χ4v) is 0.785. The molecule has 72 valence electrons. The van der Waals surface area contributed by atoms with Crippen LogP contribution in [0.3, 0.4) is 0 Å². The number of methoxy groups -OCH3 is 1. The van der Waals surface area contributed by atoms with Crippen molar-refractivity contribution in [2.45, 2.75) is 19.4 Å². The highest BCUT2D eigenvalue weighted by Crippen LogP contribution is 2.03. The summed E-state index contributed by atoms with van der Waals surface area (Å²) in [5.74, 6) is -0.191. The van der Waals surface area contributed by atoms with E-state index in [-0.39, 0.29) is 19.4 Å². The molecule has 0 atom stereocenters. The molecule has 0 amide bonds. The van der Waals surface area contributed by atoms with Gasteiger partial charge in [-0.05, 0) is 0 Å². The quantitative estimate of drug-likeness (QED) is 0.708. The van der Waals surface area contributed by atoms with Crippen molar-refractivity contribution in [3.63, 3.8) is 0 Å². The number of aromatic nitrogens is 2. The van der Waals surface area contributed by atoms with Crippen molar-refractivity contribution in [2.75, 3.05) is 7.11 Å². The van der Waals surface area contributed by atoms with Crippen molar-refractivity contribution >= 4 is 5.97 Å². The molecule has 0 aliphatic carbocycles. The Morgan fingerprint density at radius 3 is 2.85 bits per heavy atom. The third kappa shape index (κ3) is 3.20. The molecule has 1 aromatic rings. The Bertz CT molecular complexity index is 284. The van der Waals surface area contributed by atoms with E-state index in [1.54, 1.807) is 0 Å². The van der Waals surface area contributed by atoms with Gasteiger partial charge >= 0.3 is 5.97 Å². The number of carboxylic acids is 1. The fourth-order valence-electron chi connectivity index (χ4n) is 0.785. The van der Waals surface area contributed by atoms with Crippen molar-refractivity contribution in [2.24, 2.45) is 0 Å². The average molecular weight is 186 g/mol. The summed E-state index contributed by atoms with van der Waals surface area (Å²) in [4.78, 5) is 10.2. The van der Waals surface area contributed by atoms with E-state index in [4.69, 9.17) is 14.3 Å². The van der Waals surface area contributed by atoms with Crippen molar-refractivity contribution in [3.05, 3.63) is 11.8 Å². The first-order chi connectivity index (χ1) is 6.22. The average Bonchev–Trinajstić information content (AvgIpc) is 2.50. The molecule has 1 aromatic heterocycles. The number of rotatable bonds is 5. The van der Waals surface area contributed by atoms with Gasteiger partial charge in [-0.1, -0.05) is 0 Å². The van der Waals surface area contributed by atoms with Crippen molar-refractivity contribution < 1.29 is 19.1 Å². The van der Waals surface area contributed by atoms with Crippen LogP contribution < -0.4 is 0 Å². The van der Waals surface area contributed by atoms with Gasteiger partial charge in [0.15, 0.2) is 0 Å². The number of hydrogen-bond donors (Lipinski definition) is 1. The highest BCUT2D eigenvalue weighted by molar-refractivity contribution is 5.66. The summed E-state index contributed by atoms with van der Waals surface area (Å²) in [5, 5.41) is 15.7. The topological polar surface area (TPSA) is 85.5 Å². The standard InChI is InChI=1S/C7H10N2O4/c1-12-4-6-9-8-5(13-6)2-3-7(10)11/h2-4H2,1H3,(H,10,11). The second-order valence-electron chi connectivity index (χ2n) is 2.42. The number of nitrogens with zero attached hydrogens (tertiary/aromatic N) is 2. The van der Waals surface area contributed by atoms with Crippen LogP contribution in [0.1, 0.15) is 18.2 Å². The Morgan fingerprint density at radius 2 is 2.23 bits per heavy atom. The van der Waals surface area contributed by atoms with E-state index in [2.05, 4.69) is 10.2 Å². The smallest absolute Gasteiger partial charge is 0.303 e. The summed E-state index contributed by atoms with van der Waals surface area (Å²) in [5.41, 5.74) is 0. The molecule has 0 saturated carbocycles. The molecule has 0 radical (unpaired) electrons. The van der Waals surface area contributed by atoms with Gasteiger partial charge in [0.1, 0.15) is 6.61 Å². The SMILES string of the molecule is COCc1nnc(CCC(=O)O)o1. The first kappa shape index (κ1) is 9.66. The van der Waals surface area contributed by atoms with Crippen molar-refractivity contribution in [3.8, 4) is 0 Å². The second-order valence-corrected chi connectivity index (χ2v) is 2.42. The highest BCUT2D eigenvalue weighted by atomic mass is 16.5. The summed E-state index contributed by atoms with van der Waals surface area (Å²) < 4.78 is 9.82. The Hall–Kier alpha value is -1.43. The van der Waals surface area contributed by atoms with E-state index in [0.29, 0.717) is 11.8 Å². The molecule has 1 N–H and O–H groups in total. The van der Waals surface area contributed by atoms with E-state index < -0.39 is 5.97 Å². The van der Waals surface area contributed by atoms with Gasteiger partial charge in [0.05, 0.1) is 6.42 Å². The van der Waals surface area contributed by atoms with Crippen LogP contribution in [-0.4, -0.2) is 28.4 Å². The van der Waals surface area contributed by atoms with Crippen LogP contribution in [0.5, 0.6) is 0 Å². The predicted octanol–water partition coefficient (Wildman–Crippen LogP) is 0.233. The number of carbonyl (C=O) groups is 1. The van der Waals surface area contributed by atoms with Crippen LogP contribution >= 0.6 is 0 Å². The summed E-state index contributed by atoms with van der Waals surface area (Å²) in [6, 6.07) is 0. The van der Waals surface area contributed by atoms with Crippen LogP contribution in [0, 0.1) is 0 Å². The molecule has 0 aliphatic rings. The first-order valence-electron chi connectivity index (χ1n) is 3.74. The summed E-state index contributed by atoms with van der Waals surface area (Å²) in [6.45, 7) is 0.250. The third-order valence-electron chi connectivity index (χ3n) is 1.33. The molecule has 13 heavy (non-hydrogen) atoms. The molecule has 0 saturated heterocycles.